The molecule has 1 N–H and O–H groups in total. The van der Waals surface area contributed by atoms with Crippen molar-refractivity contribution < 1.29 is 17.7 Å². The first-order chi connectivity index (χ1) is 6.02. The van der Waals surface area contributed by atoms with E-state index < -0.39 is 12.8 Å². The Morgan fingerprint density at radius 1 is 1.31 bits per heavy atom. The van der Waals surface area contributed by atoms with Gasteiger partial charge in [0.1, 0.15) is 0 Å². The zero-order chi connectivity index (χ0) is 9.53. The first-order valence-corrected chi connectivity index (χ1v) is 4.57. The first-order valence-electron chi connectivity index (χ1n) is 4.57. The Kier molecular flexibility index (Phi) is 2.07. The molecule has 2 heterocycles. The molecule has 76 valence electrons. The van der Waals surface area contributed by atoms with E-state index in [1.165, 1.54) is 0 Å². The van der Waals surface area contributed by atoms with Crippen molar-refractivity contribution in [2.75, 3.05) is 19.7 Å². The Bertz CT molecular complexity index is 194. The monoisotopic (exact) mass is 194 g/mol. The fourth-order valence-electron chi connectivity index (χ4n) is 1.87. The Balaban J connectivity index is 1.89. The summed E-state index contributed by atoms with van der Waals surface area (Å²) in [6.07, 6.45) is 0.789. The maximum Gasteiger partial charge on any atom is 0.483 e. The van der Waals surface area contributed by atoms with Crippen molar-refractivity contribution in [1.29, 1.82) is 0 Å². The van der Waals surface area contributed by atoms with Gasteiger partial charge in [0.2, 0.25) is 0 Å². The lowest BCUT2D eigenvalue weighted by Crippen LogP contribution is -2.63. The van der Waals surface area contributed by atoms with Crippen molar-refractivity contribution in [1.82, 2.24) is 5.32 Å². The van der Waals surface area contributed by atoms with E-state index in [9.17, 15) is 12.9 Å². The highest BCUT2D eigenvalue weighted by molar-refractivity contribution is 6.60. The fourth-order valence-corrected chi connectivity index (χ4v) is 1.87. The minimum atomic E-state index is -4.70. The predicted octanol–water partition coefficient (Wildman–Crippen LogP) is 1.36. The summed E-state index contributed by atoms with van der Waals surface area (Å²) in [5, 5.41) is 3.02. The second kappa shape index (κ2) is 2.88. The summed E-state index contributed by atoms with van der Waals surface area (Å²) in [5.74, 6) is -1.19. The molecule has 1 spiro atoms. The van der Waals surface area contributed by atoms with Crippen LogP contribution >= 0.6 is 0 Å². The molecule has 2 aliphatic heterocycles. The molecule has 13 heavy (non-hydrogen) atoms. The van der Waals surface area contributed by atoms with Crippen molar-refractivity contribution >= 4 is 6.98 Å². The molecule has 6 heteroatoms. The van der Waals surface area contributed by atoms with Crippen molar-refractivity contribution in [3.05, 3.63) is 0 Å². The number of hydrogen-bond donors (Lipinski definition) is 1. The second-order valence-corrected chi connectivity index (χ2v) is 4.02. The van der Waals surface area contributed by atoms with Gasteiger partial charge in [-0.2, -0.15) is 0 Å². The van der Waals surface area contributed by atoms with Gasteiger partial charge in [-0.3, -0.25) is 0 Å². The van der Waals surface area contributed by atoms with E-state index in [1.54, 1.807) is 0 Å². The van der Waals surface area contributed by atoms with Crippen LogP contribution in [0.5, 0.6) is 0 Å². The number of hydrogen-bond acceptors (Lipinski definition) is 2. The highest BCUT2D eigenvalue weighted by Gasteiger charge is 2.46. The van der Waals surface area contributed by atoms with E-state index in [4.69, 9.17) is 4.74 Å². The topological polar surface area (TPSA) is 21.3 Å². The molecule has 1 atom stereocenters. The van der Waals surface area contributed by atoms with Crippen LogP contribution in [-0.4, -0.2) is 32.3 Å². The summed E-state index contributed by atoms with van der Waals surface area (Å²) < 4.78 is 42.1. The second-order valence-electron chi connectivity index (χ2n) is 4.02. The third-order valence-electron chi connectivity index (χ3n) is 3.00. The van der Waals surface area contributed by atoms with Gasteiger partial charge in [0.05, 0.1) is 5.60 Å². The number of nitrogens with one attached hydrogen (secondary N) is 1. The lowest BCUT2D eigenvalue weighted by atomic mass is 9.67. The summed E-state index contributed by atoms with van der Waals surface area (Å²) in [7, 11) is 0. The molecule has 0 amide bonds. The largest absolute Gasteiger partial charge is 0.483 e. The molecule has 2 fully saturated rings. The van der Waals surface area contributed by atoms with E-state index in [1.807, 2.05) is 0 Å². The average molecular weight is 194 g/mol. The zero-order valence-electron chi connectivity index (χ0n) is 7.23. The van der Waals surface area contributed by atoms with Gasteiger partial charge in [-0.15, -0.1) is 0 Å². The molecule has 2 rings (SSSR count). The lowest BCUT2D eigenvalue weighted by Gasteiger charge is -2.48. The smallest absolute Gasteiger partial charge is 0.449 e. The van der Waals surface area contributed by atoms with E-state index >= 15 is 0 Å². The van der Waals surface area contributed by atoms with Gasteiger partial charge in [0.15, 0.2) is 0 Å². The number of rotatable bonds is 1. The van der Waals surface area contributed by atoms with Crippen LogP contribution in [0.2, 0.25) is 5.82 Å². The van der Waals surface area contributed by atoms with Crippen LogP contribution in [0.1, 0.15) is 12.8 Å². The van der Waals surface area contributed by atoms with Crippen LogP contribution in [0.15, 0.2) is 0 Å². The highest BCUT2D eigenvalue weighted by atomic mass is 19.4. The molecule has 0 aromatic carbocycles. The Hall–Kier alpha value is -0.225. The Morgan fingerprint density at radius 2 is 2.00 bits per heavy atom. The maximum atomic E-state index is 12.3. The molecule has 0 radical (unpaired) electrons. The van der Waals surface area contributed by atoms with Crippen LogP contribution in [0.25, 0.3) is 0 Å². The molecule has 2 saturated heterocycles. The summed E-state index contributed by atoms with van der Waals surface area (Å²) >= 11 is 0. The van der Waals surface area contributed by atoms with Gasteiger partial charge in [0.25, 0.3) is 0 Å². The molecule has 2 nitrogen and oxygen atoms in total. The van der Waals surface area contributed by atoms with Crippen LogP contribution in [0.3, 0.4) is 0 Å². The fraction of sp³-hybridized carbons (Fsp3) is 1.00. The molecular weight excluding hydrogens is 182 g/mol. The normalized spacial score (nSPS) is 33.0. The Labute approximate surface area is 74.9 Å². The van der Waals surface area contributed by atoms with E-state index in [-0.39, 0.29) is 18.6 Å². The highest BCUT2D eigenvalue weighted by Crippen LogP contribution is 2.40. The van der Waals surface area contributed by atoms with Gasteiger partial charge < -0.3 is 23.0 Å². The minimum absolute atomic E-state index is 0.134. The molecule has 0 saturated carbocycles. The molecule has 0 aliphatic carbocycles. The maximum absolute atomic E-state index is 12.3. The summed E-state index contributed by atoms with van der Waals surface area (Å²) in [6.45, 7) is -3.41. The third kappa shape index (κ3) is 1.69. The molecule has 0 aromatic heterocycles. The van der Waals surface area contributed by atoms with Crippen LogP contribution < -0.4 is 5.32 Å². The average Bonchev–Trinajstić information content (AvgIpc) is 2.00. The number of halogens is 3. The first kappa shape index (κ1) is 9.33. The molecular formula is C7H12BF3NO-. The standard InChI is InChI=1S/C7H12BF3NO/c9-8(10,11)6-1-2-7(13-3-6)4-12-5-7/h6,12H,1-5H2/q-1. The SMILES string of the molecule is F[B-](F)(F)C1CCC2(CNC2)OC1. The summed E-state index contributed by atoms with van der Waals surface area (Å²) in [4.78, 5) is 0. The van der Waals surface area contributed by atoms with Gasteiger partial charge >= 0.3 is 6.98 Å². The quantitative estimate of drug-likeness (QED) is 0.636. The van der Waals surface area contributed by atoms with Crippen molar-refractivity contribution in [3.63, 3.8) is 0 Å². The molecule has 2 aliphatic rings. The van der Waals surface area contributed by atoms with Gasteiger partial charge in [-0.25, -0.2) is 0 Å². The predicted molar refractivity (Wildman–Crippen MR) is 43.6 cm³/mol. The molecule has 1 unspecified atom stereocenters. The van der Waals surface area contributed by atoms with Crippen LogP contribution in [-0.2, 0) is 4.74 Å². The van der Waals surface area contributed by atoms with E-state index in [0.717, 1.165) is 0 Å². The zero-order valence-corrected chi connectivity index (χ0v) is 7.23. The minimum Gasteiger partial charge on any atom is -0.449 e. The third-order valence-corrected chi connectivity index (χ3v) is 3.00. The Morgan fingerprint density at radius 3 is 2.31 bits per heavy atom. The van der Waals surface area contributed by atoms with Crippen molar-refractivity contribution in [2.45, 2.75) is 24.3 Å². The van der Waals surface area contributed by atoms with Gasteiger partial charge in [-0.05, 0) is 12.2 Å². The van der Waals surface area contributed by atoms with Gasteiger partial charge in [0, 0.05) is 19.7 Å². The lowest BCUT2D eigenvalue weighted by molar-refractivity contribution is -0.112. The summed E-state index contributed by atoms with van der Waals surface area (Å²) in [6, 6.07) is 0. The van der Waals surface area contributed by atoms with Crippen LogP contribution in [0.4, 0.5) is 12.9 Å². The van der Waals surface area contributed by atoms with Gasteiger partial charge in [-0.1, -0.05) is 6.42 Å². The van der Waals surface area contributed by atoms with Crippen LogP contribution in [0, 0.1) is 0 Å². The van der Waals surface area contributed by atoms with E-state index in [0.29, 0.717) is 19.5 Å². The van der Waals surface area contributed by atoms with Crippen molar-refractivity contribution in [3.8, 4) is 0 Å². The van der Waals surface area contributed by atoms with E-state index in [2.05, 4.69) is 5.32 Å². The molecule has 0 bridgehead atoms. The van der Waals surface area contributed by atoms with Crippen molar-refractivity contribution in [2.24, 2.45) is 0 Å². The number of ether oxygens (including phenoxy) is 1. The summed E-state index contributed by atoms with van der Waals surface area (Å²) in [5.41, 5.74) is -0.252. The molecule has 0 aromatic rings.